The van der Waals surface area contributed by atoms with Crippen LogP contribution in [0.1, 0.15) is 39.0 Å². The summed E-state index contributed by atoms with van der Waals surface area (Å²) in [4.78, 5) is 2.64. The quantitative estimate of drug-likeness (QED) is 0.703. The van der Waals surface area contributed by atoms with Crippen LogP contribution in [0.4, 0.5) is 0 Å². The zero-order valence-corrected chi connectivity index (χ0v) is 8.71. The Morgan fingerprint density at radius 3 is 2.62 bits per heavy atom. The Morgan fingerprint density at radius 1 is 1.31 bits per heavy atom. The summed E-state index contributed by atoms with van der Waals surface area (Å²) in [7, 11) is 0. The first-order valence-electron chi connectivity index (χ1n) is 5.79. The minimum atomic E-state index is 0.444. The minimum absolute atomic E-state index is 0.444. The highest BCUT2D eigenvalue weighted by molar-refractivity contribution is 4.88. The molecule has 2 fully saturated rings. The summed E-state index contributed by atoms with van der Waals surface area (Å²) >= 11 is 0. The van der Waals surface area contributed by atoms with Crippen molar-refractivity contribution in [2.75, 3.05) is 13.1 Å². The molecule has 0 bridgehead atoms. The molecule has 1 saturated carbocycles. The van der Waals surface area contributed by atoms with Gasteiger partial charge < -0.3 is 5.73 Å². The third-order valence-corrected chi connectivity index (χ3v) is 3.77. The Balaban J connectivity index is 1.88. The first kappa shape index (κ1) is 9.47. The van der Waals surface area contributed by atoms with Gasteiger partial charge in [-0.2, -0.15) is 0 Å². The molecule has 2 atom stereocenters. The summed E-state index contributed by atoms with van der Waals surface area (Å²) in [6, 6.07) is 1.33. The molecule has 1 saturated heterocycles. The molecule has 2 rings (SSSR count). The fourth-order valence-electron chi connectivity index (χ4n) is 2.63. The maximum absolute atomic E-state index is 6.07. The van der Waals surface area contributed by atoms with Crippen molar-refractivity contribution in [3.05, 3.63) is 0 Å². The van der Waals surface area contributed by atoms with Crippen LogP contribution in [0.15, 0.2) is 0 Å². The van der Waals surface area contributed by atoms with Gasteiger partial charge in [-0.3, -0.25) is 4.90 Å². The Bertz CT molecular complexity index is 165. The van der Waals surface area contributed by atoms with Gasteiger partial charge in [-0.1, -0.05) is 19.8 Å². The van der Waals surface area contributed by atoms with Gasteiger partial charge in [0.15, 0.2) is 0 Å². The normalized spacial score (nSPS) is 37.4. The molecule has 76 valence electrons. The van der Waals surface area contributed by atoms with E-state index in [9.17, 15) is 0 Å². The number of nitrogens with zero attached hydrogens (tertiary/aromatic N) is 1. The van der Waals surface area contributed by atoms with Crippen molar-refractivity contribution in [3.63, 3.8) is 0 Å². The highest BCUT2D eigenvalue weighted by Crippen LogP contribution is 2.29. The van der Waals surface area contributed by atoms with E-state index in [-0.39, 0.29) is 0 Å². The van der Waals surface area contributed by atoms with E-state index in [0.29, 0.717) is 6.04 Å². The Morgan fingerprint density at radius 2 is 2.08 bits per heavy atom. The Kier molecular flexibility index (Phi) is 2.89. The van der Waals surface area contributed by atoms with E-state index in [0.717, 1.165) is 18.5 Å². The molecular weight excluding hydrogens is 160 g/mol. The number of likely N-dealkylation sites (tertiary alicyclic amines) is 1. The van der Waals surface area contributed by atoms with E-state index >= 15 is 0 Å². The third-order valence-electron chi connectivity index (χ3n) is 3.77. The summed E-state index contributed by atoms with van der Waals surface area (Å²) in [6.45, 7) is 4.76. The highest BCUT2D eigenvalue weighted by Gasteiger charge is 2.31. The van der Waals surface area contributed by atoms with Crippen molar-refractivity contribution in [1.29, 1.82) is 0 Å². The second-order valence-corrected chi connectivity index (χ2v) is 4.81. The molecule has 0 radical (unpaired) electrons. The van der Waals surface area contributed by atoms with Crippen LogP contribution in [0.3, 0.4) is 0 Å². The molecule has 13 heavy (non-hydrogen) atoms. The number of hydrogen-bond donors (Lipinski definition) is 1. The number of rotatable bonds is 2. The zero-order valence-electron chi connectivity index (χ0n) is 8.71. The average molecular weight is 182 g/mol. The summed E-state index contributed by atoms with van der Waals surface area (Å²) in [5.74, 6) is 0.865. The van der Waals surface area contributed by atoms with E-state index in [2.05, 4.69) is 11.8 Å². The molecule has 0 aromatic carbocycles. The molecule has 1 aliphatic carbocycles. The van der Waals surface area contributed by atoms with Gasteiger partial charge in [-0.15, -0.1) is 0 Å². The number of piperidine rings is 1. The molecule has 2 nitrogen and oxygen atoms in total. The molecule has 1 heterocycles. The second kappa shape index (κ2) is 3.97. The van der Waals surface area contributed by atoms with Crippen LogP contribution in [0.2, 0.25) is 0 Å². The van der Waals surface area contributed by atoms with Crippen molar-refractivity contribution in [1.82, 2.24) is 4.90 Å². The van der Waals surface area contributed by atoms with Gasteiger partial charge in [0.05, 0.1) is 0 Å². The molecule has 2 unspecified atom stereocenters. The van der Waals surface area contributed by atoms with Crippen molar-refractivity contribution in [3.8, 4) is 0 Å². The lowest BCUT2D eigenvalue weighted by molar-refractivity contribution is 0.0658. The molecule has 1 aliphatic heterocycles. The van der Waals surface area contributed by atoms with Crippen molar-refractivity contribution in [2.24, 2.45) is 11.7 Å². The smallest absolute Gasteiger partial charge is 0.0171 e. The van der Waals surface area contributed by atoms with E-state index in [1.54, 1.807) is 0 Å². The van der Waals surface area contributed by atoms with Crippen LogP contribution < -0.4 is 5.73 Å². The molecule has 2 heteroatoms. The van der Waals surface area contributed by atoms with Gasteiger partial charge in [0.25, 0.3) is 0 Å². The lowest BCUT2D eigenvalue weighted by atomic mass is 9.86. The van der Waals surface area contributed by atoms with Gasteiger partial charge >= 0.3 is 0 Å². The summed E-state index contributed by atoms with van der Waals surface area (Å²) in [5, 5.41) is 0. The summed E-state index contributed by atoms with van der Waals surface area (Å²) in [5.41, 5.74) is 6.07. The second-order valence-electron chi connectivity index (χ2n) is 4.81. The van der Waals surface area contributed by atoms with Crippen molar-refractivity contribution in [2.45, 2.75) is 51.1 Å². The Hall–Kier alpha value is -0.0800. The molecule has 0 amide bonds. The fraction of sp³-hybridized carbons (Fsp3) is 1.00. The molecule has 0 aromatic rings. The molecule has 2 N–H and O–H groups in total. The first-order valence-corrected chi connectivity index (χ1v) is 5.79. The van der Waals surface area contributed by atoms with E-state index in [4.69, 9.17) is 5.73 Å². The SMILES string of the molecule is CCC1CC(N)CN(C2CCC2)C1. The van der Waals surface area contributed by atoms with E-state index < -0.39 is 0 Å². The molecular formula is C11H22N2. The van der Waals surface area contributed by atoms with Gasteiger partial charge in [0.1, 0.15) is 0 Å². The maximum atomic E-state index is 6.07. The summed E-state index contributed by atoms with van der Waals surface area (Å²) < 4.78 is 0. The van der Waals surface area contributed by atoms with Crippen LogP contribution in [-0.4, -0.2) is 30.1 Å². The largest absolute Gasteiger partial charge is 0.327 e. The highest BCUT2D eigenvalue weighted by atomic mass is 15.2. The lowest BCUT2D eigenvalue weighted by Gasteiger charge is -2.44. The Labute approximate surface area is 81.5 Å². The molecule has 0 spiro atoms. The van der Waals surface area contributed by atoms with Crippen molar-refractivity contribution < 1.29 is 0 Å². The average Bonchev–Trinajstić information content (AvgIpc) is 2.00. The van der Waals surface area contributed by atoms with Gasteiger partial charge in [-0.05, 0) is 25.2 Å². The zero-order chi connectivity index (χ0) is 9.26. The predicted molar refractivity (Wildman–Crippen MR) is 55.6 cm³/mol. The summed E-state index contributed by atoms with van der Waals surface area (Å²) in [6.07, 6.45) is 6.83. The topological polar surface area (TPSA) is 29.3 Å². The van der Waals surface area contributed by atoms with Crippen LogP contribution in [-0.2, 0) is 0 Å². The maximum Gasteiger partial charge on any atom is 0.0171 e. The van der Waals surface area contributed by atoms with Crippen molar-refractivity contribution >= 4 is 0 Å². The van der Waals surface area contributed by atoms with E-state index in [1.807, 2.05) is 0 Å². The lowest BCUT2D eigenvalue weighted by Crippen LogP contribution is -2.52. The standard InChI is InChI=1S/C11H22N2/c1-2-9-6-10(12)8-13(7-9)11-4-3-5-11/h9-11H,2-8,12H2,1H3. The minimum Gasteiger partial charge on any atom is -0.327 e. The molecule has 0 aromatic heterocycles. The van der Waals surface area contributed by atoms with Crippen LogP contribution in [0.25, 0.3) is 0 Å². The number of hydrogen-bond acceptors (Lipinski definition) is 2. The van der Waals surface area contributed by atoms with Gasteiger partial charge in [-0.25, -0.2) is 0 Å². The van der Waals surface area contributed by atoms with Crippen LogP contribution >= 0.6 is 0 Å². The van der Waals surface area contributed by atoms with Gasteiger partial charge in [0, 0.05) is 25.2 Å². The monoisotopic (exact) mass is 182 g/mol. The number of nitrogens with two attached hydrogens (primary N) is 1. The van der Waals surface area contributed by atoms with Crippen LogP contribution in [0.5, 0.6) is 0 Å². The third kappa shape index (κ3) is 2.05. The fourth-order valence-corrected chi connectivity index (χ4v) is 2.63. The van der Waals surface area contributed by atoms with Crippen LogP contribution in [0, 0.1) is 5.92 Å². The predicted octanol–water partition coefficient (Wildman–Crippen LogP) is 1.60. The van der Waals surface area contributed by atoms with Gasteiger partial charge in [0.2, 0.25) is 0 Å². The molecule has 2 aliphatic rings. The first-order chi connectivity index (χ1) is 6.29. The van der Waals surface area contributed by atoms with E-state index in [1.165, 1.54) is 38.6 Å².